The molecule has 1 fully saturated rings. The van der Waals surface area contributed by atoms with Gasteiger partial charge in [0.05, 0.1) is 0 Å². The van der Waals surface area contributed by atoms with Crippen molar-refractivity contribution < 1.29 is 8.42 Å². The molecule has 2 rings (SSSR count). The molecule has 0 bridgehead atoms. The van der Waals surface area contributed by atoms with Gasteiger partial charge < -0.3 is 4.90 Å². The lowest BCUT2D eigenvalue weighted by atomic mass is 9.81. The van der Waals surface area contributed by atoms with E-state index < -0.39 is 10.0 Å². The van der Waals surface area contributed by atoms with Gasteiger partial charge in [0, 0.05) is 19.1 Å². The van der Waals surface area contributed by atoms with Crippen LogP contribution in [0.1, 0.15) is 32.1 Å². The Morgan fingerprint density at radius 3 is 2.43 bits per heavy atom. The lowest BCUT2D eigenvalue weighted by molar-refractivity contribution is 0.105. The average Bonchev–Trinajstić information content (AvgIpc) is 2.77. The number of rotatable bonds is 5. The molecular weight excluding hydrogens is 358 g/mol. The topological polar surface area (TPSA) is 80.1 Å². The summed E-state index contributed by atoms with van der Waals surface area (Å²) in [4.78, 5) is 2.14. The number of hydrogen-bond acceptors (Lipinski definition) is 5. The summed E-state index contributed by atoms with van der Waals surface area (Å²) in [6.45, 7) is 0.403. The zero-order valence-electron chi connectivity index (χ0n) is 12.6. The van der Waals surface area contributed by atoms with Crippen LogP contribution in [0.2, 0.25) is 0 Å². The molecule has 0 aromatic carbocycles. The third kappa shape index (κ3) is 3.46. The van der Waals surface area contributed by atoms with Crippen LogP contribution in [0.4, 0.5) is 0 Å². The Hall–Kier alpha value is -0.510. The third-order valence-corrected chi connectivity index (χ3v) is 6.60. The van der Waals surface area contributed by atoms with Crippen molar-refractivity contribution in [2.75, 3.05) is 20.6 Å². The molecule has 7 nitrogen and oxygen atoms in total. The molecule has 1 aromatic heterocycles. The minimum Gasteiger partial charge on any atom is -0.302 e. The van der Waals surface area contributed by atoms with Gasteiger partial charge in [0.15, 0.2) is 4.60 Å². The van der Waals surface area contributed by atoms with E-state index in [2.05, 4.69) is 35.9 Å². The minimum atomic E-state index is -3.63. The molecule has 0 spiro atoms. The Bertz CT molecular complexity index is 573. The molecule has 1 aromatic rings. The molecular formula is C12H22BrN5O2S. The molecule has 1 aliphatic carbocycles. The third-order valence-electron chi connectivity index (χ3n) is 4.32. The normalized spacial score (nSPS) is 19.1. The highest BCUT2D eigenvalue weighted by Crippen LogP contribution is 2.32. The molecule has 0 saturated heterocycles. The summed E-state index contributed by atoms with van der Waals surface area (Å²) in [5.74, 6) is 0. The molecule has 1 saturated carbocycles. The molecule has 0 amide bonds. The van der Waals surface area contributed by atoms with Gasteiger partial charge in [0.25, 0.3) is 10.0 Å². The van der Waals surface area contributed by atoms with Crippen LogP contribution in [-0.2, 0) is 17.1 Å². The number of nitrogens with one attached hydrogen (secondary N) is 1. The second kappa shape index (κ2) is 6.31. The summed E-state index contributed by atoms with van der Waals surface area (Å²) < 4.78 is 29.2. The van der Waals surface area contributed by atoms with E-state index in [1.54, 1.807) is 7.05 Å². The van der Waals surface area contributed by atoms with Gasteiger partial charge in [-0.2, -0.15) is 0 Å². The minimum absolute atomic E-state index is 0.0622. The molecule has 1 heterocycles. The maximum absolute atomic E-state index is 12.5. The number of likely N-dealkylation sites (N-methyl/N-ethyl adjacent to an activating group) is 1. The van der Waals surface area contributed by atoms with Crippen LogP contribution in [0.5, 0.6) is 0 Å². The largest absolute Gasteiger partial charge is 0.302 e. The summed E-state index contributed by atoms with van der Waals surface area (Å²) in [7, 11) is 1.96. The SMILES string of the molecule is CN(C)C1(CNS(=O)(=O)c2c(Br)nnn2C)CCCCC1. The second-order valence-electron chi connectivity index (χ2n) is 5.81. The first kappa shape index (κ1) is 16.9. The fourth-order valence-corrected chi connectivity index (χ4v) is 5.11. The summed E-state index contributed by atoms with van der Waals surface area (Å²) >= 11 is 3.14. The van der Waals surface area contributed by atoms with Gasteiger partial charge in [0.1, 0.15) is 0 Å². The number of aryl methyl sites for hydroxylation is 1. The van der Waals surface area contributed by atoms with Crippen LogP contribution in [0.25, 0.3) is 0 Å². The Labute approximate surface area is 134 Å². The summed E-state index contributed by atoms with van der Waals surface area (Å²) in [5, 5.41) is 7.51. The van der Waals surface area contributed by atoms with E-state index in [0.29, 0.717) is 6.54 Å². The van der Waals surface area contributed by atoms with Crippen LogP contribution in [0.3, 0.4) is 0 Å². The standard InChI is InChI=1S/C12H22BrN5O2S/c1-17(2)12(7-5-4-6-8-12)9-14-21(19,20)11-10(13)15-16-18(11)3/h14H,4-9H2,1-3H3. The van der Waals surface area contributed by atoms with Crippen LogP contribution in [-0.4, -0.2) is 54.5 Å². The number of sulfonamides is 1. The van der Waals surface area contributed by atoms with Gasteiger partial charge in [-0.3, -0.25) is 0 Å². The number of hydrogen-bond donors (Lipinski definition) is 1. The van der Waals surface area contributed by atoms with Crippen molar-refractivity contribution in [1.29, 1.82) is 0 Å². The van der Waals surface area contributed by atoms with Crippen LogP contribution in [0, 0.1) is 0 Å². The van der Waals surface area contributed by atoms with Crippen LogP contribution in [0.15, 0.2) is 9.63 Å². The number of aromatic nitrogens is 3. The molecule has 0 unspecified atom stereocenters. The maximum atomic E-state index is 12.5. The van der Waals surface area contributed by atoms with Crippen molar-refractivity contribution in [3.8, 4) is 0 Å². The van der Waals surface area contributed by atoms with Crippen molar-refractivity contribution in [3.05, 3.63) is 4.60 Å². The van der Waals surface area contributed by atoms with Gasteiger partial charge in [-0.1, -0.05) is 24.5 Å². The Morgan fingerprint density at radius 2 is 1.95 bits per heavy atom. The predicted molar refractivity (Wildman–Crippen MR) is 83.4 cm³/mol. The van der Waals surface area contributed by atoms with Gasteiger partial charge >= 0.3 is 0 Å². The fourth-order valence-electron chi connectivity index (χ4n) is 2.90. The van der Waals surface area contributed by atoms with E-state index in [9.17, 15) is 8.42 Å². The molecule has 120 valence electrons. The molecule has 21 heavy (non-hydrogen) atoms. The molecule has 1 aliphatic rings. The summed E-state index contributed by atoms with van der Waals surface area (Å²) in [5.41, 5.74) is -0.107. The van der Waals surface area contributed by atoms with E-state index in [4.69, 9.17) is 0 Å². The predicted octanol–water partition coefficient (Wildman–Crippen LogP) is 1.12. The highest BCUT2D eigenvalue weighted by molar-refractivity contribution is 9.10. The molecule has 9 heteroatoms. The Balaban J connectivity index is 2.17. The maximum Gasteiger partial charge on any atom is 0.260 e. The van der Waals surface area contributed by atoms with Crippen molar-refractivity contribution in [2.24, 2.45) is 7.05 Å². The first-order valence-electron chi connectivity index (χ1n) is 7.01. The van der Waals surface area contributed by atoms with E-state index in [-0.39, 0.29) is 15.2 Å². The van der Waals surface area contributed by atoms with E-state index in [0.717, 1.165) is 25.7 Å². The molecule has 1 N–H and O–H groups in total. The summed E-state index contributed by atoms with van der Waals surface area (Å²) in [6, 6.07) is 0. The number of nitrogens with zero attached hydrogens (tertiary/aromatic N) is 4. The molecule has 0 aliphatic heterocycles. The van der Waals surface area contributed by atoms with Crippen LogP contribution >= 0.6 is 15.9 Å². The fraction of sp³-hybridized carbons (Fsp3) is 0.833. The lowest BCUT2D eigenvalue weighted by Gasteiger charge is -2.43. The zero-order valence-corrected chi connectivity index (χ0v) is 15.0. The average molecular weight is 380 g/mol. The Morgan fingerprint density at radius 1 is 1.33 bits per heavy atom. The van der Waals surface area contributed by atoms with E-state index >= 15 is 0 Å². The van der Waals surface area contributed by atoms with Gasteiger partial charge in [-0.05, 0) is 42.9 Å². The molecule has 0 atom stereocenters. The highest BCUT2D eigenvalue weighted by Gasteiger charge is 2.36. The van der Waals surface area contributed by atoms with Gasteiger partial charge in [-0.25, -0.2) is 17.8 Å². The lowest BCUT2D eigenvalue weighted by Crippen LogP contribution is -2.53. The first-order valence-corrected chi connectivity index (χ1v) is 9.28. The van der Waals surface area contributed by atoms with Crippen molar-refractivity contribution in [2.45, 2.75) is 42.7 Å². The first-order chi connectivity index (χ1) is 9.78. The zero-order chi connectivity index (χ0) is 15.7. The van der Waals surface area contributed by atoms with E-state index in [1.807, 2.05) is 14.1 Å². The second-order valence-corrected chi connectivity index (χ2v) is 8.25. The van der Waals surface area contributed by atoms with Gasteiger partial charge in [0.2, 0.25) is 5.03 Å². The van der Waals surface area contributed by atoms with Gasteiger partial charge in [-0.15, -0.1) is 5.10 Å². The van der Waals surface area contributed by atoms with Crippen molar-refractivity contribution in [1.82, 2.24) is 24.6 Å². The Kier molecular flexibility index (Phi) is 5.07. The van der Waals surface area contributed by atoms with Crippen molar-refractivity contribution >= 4 is 26.0 Å². The quantitative estimate of drug-likeness (QED) is 0.828. The monoisotopic (exact) mass is 379 g/mol. The van der Waals surface area contributed by atoms with Crippen molar-refractivity contribution in [3.63, 3.8) is 0 Å². The van der Waals surface area contributed by atoms with Crippen LogP contribution < -0.4 is 4.72 Å². The summed E-state index contributed by atoms with van der Waals surface area (Å²) in [6.07, 6.45) is 5.51. The highest BCUT2D eigenvalue weighted by atomic mass is 79.9. The number of halogens is 1. The smallest absolute Gasteiger partial charge is 0.260 e. The van der Waals surface area contributed by atoms with E-state index in [1.165, 1.54) is 11.1 Å². The molecule has 0 radical (unpaired) electrons.